The van der Waals surface area contributed by atoms with Crippen LogP contribution in [0, 0.1) is 17.2 Å². The number of nitrogens with zero attached hydrogens (tertiary/aromatic N) is 2. The molecule has 5 nitrogen and oxygen atoms in total. The summed E-state index contributed by atoms with van der Waals surface area (Å²) in [5.41, 5.74) is 3.86. The quantitative estimate of drug-likeness (QED) is 0.533. The summed E-state index contributed by atoms with van der Waals surface area (Å²) in [6, 6.07) is 9.99. The van der Waals surface area contributed by atoms with Crippen molar-refractivity contribution >= 4 is 23.4 Å². The number of allylic oxidation sites excluding steroid dienone is 1. The molecule has 32 heavy (non-hydrogen) atoms. The Morgan fingerprint density at radius 3 is 2.84 bits per heavy atom. The van der Waals surface area contributed by atoms with Crippen molar-refractivity contribution in [3.63, 3.8) is 0 Å². The van der Waals surface area contributed by atoms with Crippen LogP contribution >= 0.6 is 11.3 Å². The smallest absolute Gasteiger partial charge is 0.348 e. The molecule has 1 aliphatic heterocycles. The zero-order valence-electron chi connectivity index (χ0n) is 18.0. The number of benzene rings is 1. The number of hydrogen-bond donors (Lipinski definition) is 1. The van der Waals surface area contributed by atoms with Gasteiger partial charge in [0.15, 0.2) is 0 Å². The molecule has 3 atom stereocenters. The highest BCUT2D eigenvalue weighted by atomic mass is 32.1. The summed E-state index contributed by atoms with van der Waals surface area (Å²) in [5.74, 6) is -0.616. The van der Waals surface area contributed by atoms with Crippen molar-refractivity contribution in [1.29, 1.82) is 0 Å². The van der Waals surface area contributed by atoms with Gasteiger partial charge < -0.3 is 14.4 Å². The lowest BCUT2D eigenvalue weighted by atomic mass is 9.61. The number of hydrogen-bond acceptors (Lipinski definition) is 5. The molecule has 0 amide bonds. The van der Waals surface area contributed by atoms with Crippen LogP contribution in [-0.4, -0.2) is 27.7 Å². The molecule has 3 aromatic rings. The number of esters is 1. The van der Waals surface area contributed by atoms with Crippen molar-refractivity contribution in [2.45, 2.75) is 38.8 Å². The lowest BCUT2D eigenvalue weighted by molar-refractivity contribution is 0.0145. The van der Waals surface area contributed by atoms with Crippen LogP contribution in [0.15, 0.2) is 48.3 Å². The van der Waals surface area contributed by atoms with Gasteiger partial charge in [0.2, 0.25) is 0 Å². The van der Waals surface area contributed by atoms with Gasteiger partial charge in [-0.05, 0) is 61.7 Å². The van der Waals surface area contributed by atoms with E-state index in [-0.39, 0.29) is 23.1 Å². The van der Waals surface area contributed by atoms with Gasteiger partial charge in [0.1, 0.15) is 10.7 Å². The molecule has 1 unspecified atom stereocenters. The van der Waals surface area contributed by atoms with Gasteiger partial charge in [-0.2, -0.15) is 0 Å². The number of aliphatic hydroxyl groups is 1. The number of rotatable bonds is 4. The van der Waals surface area contributed by atoms with Gasteiger partial charge >= 0.3 is 5.97 Å². The van der Waals surface area contributed by atoms with Gasteiger partial charge in [-0.1, -0.05) is 12.5 Å². The topological polar surface area (TPSA) is 64.3 Å². The number of carbonyl (C=O) groups is 1. The van der Waals surface area contributed by atoms with Crippen LogP contribution in [0.5, 0.6) is 0 Å². The predicted molar refractivity (Wildman–Crippen MR) is 122 cm³/mol. The number of imidazole rings is 1. The maximum atomic E-state index is 13.4. The first-order valence-corrected chi connectivity index (χ1v) is 11.6. The molecular formula is C25H25FN2O3S. The molecule has 0 spiro atoms. The fraction of sp³-hybridized carbons (Fsp3) is 0.360. The van der Waals surface area contributed by atoms with Crippen LogP contribution in [0.4, 0.5) is 4.39 Å². The summed E-state index contributed by atoms with van der Waals surface area (Å²) in [5, 5.41) is 11.3. The Morgan fingerprint density at radius 2 is 2.09 bits per heavy atom. The van der Waals surface area contributed by atoms with E-state index in [1.165, 1.54) is 36.2 Å². The van der Waals surface area contributed by atoms with Crippen molar-refractivity contribution in [2.24, 2.45) is 11.3 Å². The zero-order valence-corrected chi connectivity index (χ0v) is 18.9. The number of aliphatic hydroxyl groups excluding tert-OH is 1. The summed E-state index contributed by atoms with van der Waals surface area (Å²) in [6.45, 7) is 2.94. The fourth-order valence-electron chi connectivity index (χ4n) is 5.26. The molecule has 0 bridgehead atoms. The molecule has 1 aliphatic carbocycles. The Balaban J connectivity index is 1.48. The van der Waals surface area contributed by atoms with E-state index in [4.69, 9.17) is 4.74 Å². The summed E-state index contributed by atoms with van der Waals surface area (Å²) in [6.07, 6.45) is 6.28. The Labute approximate surface area is 190 Å². The number of halogens is 1. The van der Waals surface area contributed by atoms with Crippen LogP contribution in [0.2, 0.25) is 0 Å². The molecule has 166 valence electrons. The second-order valence-electron chi connectivity index (χ2n) is 8.84. The fourth-order valence-corrected chi connectivity index (χ4v) is 6.23. The monoisotopic (exact) mass is 452 g/mol. The van der Waals surface area contributed by atoms with Crippen LogP contribution in [0.3, 0.4) is 0 Å². The molecule has 1 aromatic carbocycles. The number of ether oxygens (including phenoxy) is 1. The van der Waals surface area contributed by atoms with Crippen LogP contribution < -0.4 is 0 Å². The molecular weight excluding hydrogens is 427 g/mol. The minimum absolute atomic E-state index is 0.0245. The van der Waals surface area contributed by atoms with E-state index in [1.54, 1.807) is 18.2 Å². The Kier molecular flexibility index (Phi) is 5.26. The molecule has 1 fully saturated rings. The molecule has 2 aliphatic rings. The average molecular weight is 453 g/mol. The highest BCUT2D eigenvalue weighted by Gasteiger charge is 2.46. The third kappa shape index (κ3) is 3.40. The molecule has 2 aromatic heterocycles. The van der Waals surface area contributed by atoms with Crippen molar-refractivity contribution in [1.82, 2.24) is 9.55 Å². The van der Waals surface area contributed by atoms with Gasteiger partial charge in [-0.3, -0.25) is 0 Å². The lowest BCUT2D eigenvalue weighted by Gasteiger charge is -2.47. The predicted octanol–water partition coefficient (Wildman–Crippen LogP) is 5.47. The van der Waals surface area contributed by atoms with E-state index in [0.29, 0.717) is 4.88 Å². The minimum Gasteiger partial charge on any atom is -0.465 e. The number of fused-ring (bicyclic) bond motifs is 2. The molecule has 0 saturated heterocycles. The first-order chi connectivity index (χ1) is 15.4. The average Bonchev–Trinajstić information content (AvgIpc) is 3.44. The van der Waals surface area contributed by atoms with Crippen LogP contribution in [0.1, 0.15) is 52.5 Å². The third-order valence-electron chi connectivity index (χ3n) is 7.00. The minimum atomic E-state index is -0.659. The highest BCUT2D eigenvalue weighted by molar-refractivity contribution is 7.14. The number of carbonyl (C=O) groups excluding carboxylic acids is 1. The van der Waals surface area contributed by atoms with E-state index in [2.05, 4.69) is 22.6 Å². The number of aromatic nitrogens is 2. The maximum absolute atomic E-state index is 13.4. The van der Waals surface area contributed by atoms with Gasteiger partial charge in [-0.15, -0.1) is 11.3 Å². The van der Waals surface area contributed by atoms with E-state index >= 15 is 0 Å². The standard InChI is InChI=1S/C25H25FN2O3S/c1-25-13-28-14-27-22(15-6-8-17(26)9-7-15)19(28)12-16(25)4-3-5-18(25)23(29)20-10-11-21(32-20)24(30)31-2/h6-12,14,18,23,29H,3-5,13H2,1-2H3/t18-,23?,25+/m1/s1. The highest BCUT2D eigenvalue weighted by Crippen LogP contribution is 2.54. The molecule has 7 heteroatoms. The molecule has 5 rings (SSSR count). The summed E-state index contributed by atoms with van der Waals surface area (Å²) >= 11 is 1.30. The third-order valence-corrected chi connectivity index (χ3v) is 8.14. The van der Waals surface area contributed by atoms with Crippen molar-refractivity contribution in [3.05, 3.63) is 69.6 Å². The summed E-state index contributed by atoms with van der Waals surface area (Å²) in [7, 11) is 1.36. The Bertz CT molecular complexity index is 1200. The van der Waals surface area contributed by atoms with E-state index in [1.807, 2.05) is 12.4 Å². The first kappa shape index (κ1) is 21.1. The second kappa shape index (κ2) is 7.98. The summed E-state index contributed by atoms with van der Waals surface area (Å²) < 4.78 is 20.3. The summed E-state index contributed by atoms with van der Waals surface area (Å²) in [4.78, 5) is 17.8. The van der Waals surface area contributed by atoms with Crippen molar-refractivity contribution < 1.29 is 19.0 Å². The first-order valence-electron chi connectivity index (χ1n) is 10.8. The van der Waals surface area contributed by atoms with Gasteiger partial charge in [0, 0.05) is 28.3 Å². The van der Waals surface area contributed by atoms with Crippen molar-refractivity contribution in [3.8, 4) is 11.3 Å². The number of thiophene rings is 1. The zero-order chi connectivity index (χ0) is 22.5. The maximum Gasteiger partial charge on any atom is 0.348 e. The Hall–Kier alpha value is -2.77. The molecule has 1 saturated carbocycles. The molecule has 3 heterocycles. The molecule has 1 N–H and O–H groups in total. The van der Waals surface area contributed by atoms with E-state index in [0.717, 1.165) is 47.6 Å². The van der Waals surface area contributed by atoms with E-state index < -0.39 is 6.10 Å². The SMILES string of the molecule is COC(=O)c1ccc(C(O)[C@H]2CCCC3=Cc4c(-c5ccc(F)cc5)ncn4C[C@@]32C)s1. The molecule has 0 radical (unpaired) electrons. The Morgan fingerprint density at radius 1 is 1.31 bits per heavy atom. The van der Waals surface area contributed by atoms with Gasteiger partial charge in [0.05, 0.1) is 30.9 Å². The van der Waals surface area contributed by atoms with Gasteiger partial charge in [0.25, 0.3) is 0 Å². The van der Waals surface area contributed by atoms with Crippen LogP contribution in [-0.2, 0) is 11.3 Å². The van der Waals surface area contributed by atoms with Crippen molar-refractivity contribution in [2.75, 3.05) is 7.11 Å². The van der Waals surface area contributed by atoms with Crippen LogP contribution in [0.25, 0.3) is 17.3 Å². The largest absolute Gasteiger partial charge is 0.465 e. The lowest BCUT2D eigenvalue weighted by Crippen LogP contribution is -2.41. The normalized spacial score (nSPS) is 23.1. The van der Waals surface area contributed by atoms with E-state index in [9.17, 15) is 14.3 Å². The number of methoxy groups -OCH3 is 1. The second-order valence-corrected chi connectivity index (χ2v) is 9.95. The van der Waals surface area contributed by atoms with Gasteiger partial charge in [-0.25, -0.2) is 14.2 Å².